The van der Waals surface area contributed by atoms with E-state index in [1.54, 1.807) is 18.4 Å². The van der Waals surface area contributed by atoms with Crippen LogP contribution in [0.2, 0.25) is 0 Å². The average Bonchev–Trinajstić information content (AvgIpc) is 3.37. The number of aromatic nitrogens is 2. The molecule has 1 N–H and O–H groups in total. The minimum absolute atomic E-state index is 0. The van der Waals surface area contributed by atoms with Crippen LogP contribution in [-0.4, -0.2) is 27.7 Å². The fourth-order valence-electron chi connectivity index (χ4n) is 3.41. The van der Waals surface area contributed by atoms with Gasteiger partial charge in [0.1, 0.15) is 36.3 Å². The van der Waals surface area contributed by atoms with Crippen LogP contribution in [-0.2, 0) is 31.5 Å². The predicted molar refractivity (Wildman–Crippen MR) is 138 cm³/mol. The van der Waals surface area contributed by atoms with Crippen LogP contribution in [0.15, 0.2) is 52.3 Å². The molecule has 0 saturated carbocycles. The Morgan fingerprint density at radius 2 is 1.88 bits per heavy atom. The highest BCUT2D eigenvalue weighted by molar-refractivity contribution is 9.11. The molecule has 0 unspecified atom stereocenters. The van der Waals surface area contributed by atoms with E-state index in [4.69, 9.17) is 19.3 Å². The van der Waals surface area contributed by atoms with Crippen LogP contribution in [0.3, 0.4) is 0 Å². The summed E-state index contributed by atoms with van der Waals surface area (Å²) in [5.74, 6) is 1.95. The van der Waals surface area contributed by atoms with Gasteiger partial charge in [0.25, 0.3) is 0 Å². The molecule has 7 nitrogen and oxygen atoms in total. The Balaban J connectivity index is 0.00000324. The van der Waals surface area contributed by atoms with Crippen molar-refractivity contribution in [3.63, 3.8) is 0 Å². The average molecular weight is 568 g/mol. The van der Waals surface area contributed by atoms with Crippen LogP contribution in [0.4, 0.5) is 0 Å². The van der Waals surface area contributed by atoms with Gasteiger partial charge in [-0.3, -0.25) is 4.79 Å². The van der Waals surface area contributed by atoms with Crippen molar-refractivity contribution in [2.24, 2.45) is 7.05 Å². The van der Waals surface area contributed by atoms with Gasteiger partial charge in [-0.05, 0) is 58.2 Å². The number of benzene rings is 2. The number of methoxy groups -OCH3 is 1. The van der Waals surface area contributed by atoms with Gasteiger partial charge in [0.05, 0.1) is 21.9 Å². The molecule has 10 heteroatoms. The van der Waals surface area contributed by atoms with Crippen LogP contribution in [0.1, 0.15) is 22.7 Å². The van der Waals surface area contributed by atoms with Crippen molar-refractivity contribution < 1.29 is 24.1 Å². The van der Waals surface area contributed by atoms with Crippen molar-refractivity contribution in [2.75, 3.05) is 7.11 Å². The first-order valence-electron chi connectivity index (χ1n) is 10.3. The number of carboxylic acids is 1. The SMILES string of the molecule is COc1ccc2nc(COc3ccc(CCC(=O)O)c(OCc4ccc(Br)s4)c3)n(C)c2c1.Cl. The first kappa shape index (κ1) is 25.9. The molecule has 2 heterocycles. The van der Waals surface area contributed by atoms with Crippen LogP contribution in [0.5, 0.6) is 17.2 Å². The van der Waals surface area contributed by atoms with E-state index in [1.807, 2.05) is 60.1 Å². The molecule has 0 radical (unpaired) electrons. The third kappa shape index (κ3) is 6.22. The monoisotopic (exact) mass is 566 g/mol. The lowest BCUT2D eigenvalue weighted by Gasteiger charge is -2.13. The third-order valence-electron chi connectivity index (χ3n) is 5.19. The van der Waals surface area contributed by atoms with Crippen LogP contribution in [0.25, 0.3) is 11.0 Å². The molecule has 0 aliphatic carbocycles. The van der Waals surface area contributed by atoms with Crippen molar-refractivity contribution in [2.45, 2.75) is 26.1 Å². The van der Waals surface area contributed by atoms with E-state index < -0.39 is 5.97 Å². The second kappa shape index (κ2) is 11.6. The number of carboxylic acid groups (broad SMARTS) is 1. The Hall–Kier alpha value is -2.75. The molecular formula is C24H24BrClN2O5S. The Morgan fingerprint density at radius 3 is 2.59 bits per heavy atom. The number of nitrogens with zero attached hydrogens (tertiary/aromatic N) is 2. The summed E-state index contributed by atoms with van der Waals surface area (Å²) in [5, 5.41) is 9.07. The smallest absolute Gasteiger partial charge is 0.303 e. The number of fused-ring (bicyclic) bond motifs is 1. The lowest BCUT2D eigenvalue weighted by molar-refractivity contribution is -0.136. The first-order chi connectivity index (χ1) is 15.9. The minimum atomic E-state index is -0.845. The summed E-state index contributed by atoms with van der Waals surface area (Å²) in [6.45, 7) is 0.672. The normalized spacial score (nSPS) is 10.7. The van der Waals surface area contributed by atoms with Gasteiger partial charge >= 0.3 is 5.97 Å². The number of halogens is 2. The summed E-state index contributed by atoms with van der Waals surface area (Å²) in [6, 6.07) is 15.2. The molecule has 0 aliphatic heterocycles. The Kier molecular flexibility index (Phi) is 8.82. The highest BCUT2D eigenvalue weighted by Gasteiger charge is 2.12. The molecule has 0 spiro atoms. The van der Waals surface area contributed by atoms with E-state index in [1.165, 1.54) is 0 Å². The maximum atomic E-state index is 11.1. The second-order valence-electron chi connectivity index (χ2n) is 7.39. The van der Waals surface area contributed by atoms with Crippen molar-refractivity contribution in [3.8, 4) is 17.2 Å². The van der Waals surface area contributed by atoms with E-state index in [2.05, 4.69) is 20.9 Å². The highest BCUT2D eigenvalue weighted by atomic mass is 79.9. The molecule has 0 amide bonds. The number of hydrogen-bond acceptors (Lipinski definition) is 6. The molecule has 34 heavy (non-hydrogen) atoms. The van der Waals surface area contributed by atoms with E-state index in [0.717, 1.165) is 36.8 Å². The van der Waals surface area contributed by atoms with Gasteiger partial charge in [-0.1, -0.05) is 6.07 Å². The van der Waals surface area contributed by atoms with Gasteiger partial charge in [0, 0.05) is 30.5 Å². The highest BCUT2D eigenvalue weighted by Crippen LogP contribution is 2.30. The molecule has 2 aromatic carbocycles. The summed E-state index contributed by atoms with van der Waals surface area (Å²) < 4.78 is 20.4. The quantitative estimate of drug-likeness (QED) is 0.253. The molecule has 0 fully saturated rings. The van der Waals surface area contributed by atoms with Crippen molar-refractivity contribution in [3.05, 3.63) is 68.6 Å². The molecule has 4 rings (SSSR count). The largest absolute Gasteiger partial charge is 0.497 e. The number of thiophene rings is 1. The van der Waals surface area contributed by atoms with E-state index >= 15 is 0 Å². The lowest BCUT2D eigenvalue weighted by Crippen LogP contribution is -2.05. The first-order valence-corrected chi connectivity index (χ1v) is 11.9. The Bertz CT molecular complexity index is 1290. The third-order valence-corrected chi connectivity index (χ3v) is 6.79. The molecular weight excluding hydrogens is 544 g/mol. The van der Waals surface area contributed by atoms with Crippen LogP contribution in [0, 0.1) is 0 Å². The summed E-state index contributed by atoms with van der Waals surface area (Å²) in [5.41, 5.74) is 2.66. The second-order valence-corrected chi connectivity index (χ2v) is 9.94. The summed E-state index contributed by atoms with van der Waals surface area (Å²) in [6.07, 6.45) is 0.413. The van der Waals surface area contributed by atoms with E-state index in [9.17, 15) is 4.79 Å². The summed E-state index contributed by atoms with van der Waals surface area (Å²) in [7, 11) is 3.58. The van der Waals surface area contributed by atoms with E-state index in [0.29, 0.717) is 24.5 Å². The van der Waals surface area contributed by atoms with Crippen LogP contribution >= 0.6 is 39.7 Å². The maximum Gasteiger partial charge on any atom is 0.303 e. The number of aliphatic carboxylic acids is 1. The fourth-order valence-corrected chi connectivity index (χ4v) is 4.81. The van der Waals surface area contributed by atoms with Crippen molar-refractivity contribution in [1.82, 2.24) is 9.55 Å². The molecule has 0 saturated heterocycles. The van der Waals surface area contributed by atoms with Gasteiger partial charge in [-0.25, -0.2) is 4.98 Å². The van der Waals surface area contributed by atoms with Crippen molar-refractivity contribution in [1.29, 1.82) is 0 Å². The zero-order chi connectivity index (χ0) is 23.4. The Labute approximate surface area is 215 Å². The van der Waals surface area contributed by atoms with Gasteiger partial charge in [-0.2, -0.15) is 0 Å². The standard InChI is InChI=1S/C24H23BrN2O5S.ClH/c1-27-20-11-16(30-2)6-8-19(20)26-23(27)14-31-17-5-3-15(4-10-24(28)29)21(12-17)32-13-18-7-9-22(25)33-18;/h3,5-9,11-12H,4,10,13-14H2,1-2H3,(H,28,29);1H. The lowest BCUT2D eigenvalue weighted by atomic mass is 10.1. The van der Waals surface area contributed by atoms with Crippen molar-refractivity contribution >= 4 is 56.7 Å². The summed E-state index contributed by atoms with van der Waals surface area (Å²) in [4.78, 5) is 16.8. The fraction of sp³-hybridized carbons (Fsp3) is 0.250. The van der Waals surface area contributed by atoms with E-state index in [-0.39, 0.29) is 25.4 Å². The number of ether oxygens (including phenoxy) is 3. The van der Waals surface area contributed by atoms with Gasteiger partial charge in [0.15, 0.2) is 0 Å². The molecule has 0 atom stereocenters. The van der Waals surface area contributed by atoms with Gasteiger partial charge < -0.3 is 23.9 Å². The molecule has 180 valence electrons. The topological polar surface area (TPSA) is 82.8 Å². The number of imidazole rings is 1. The number of carbonyl (C=O) groups is 1. The van der Waals surface area contributed by atoms with Gasteiger partial charge in [-0.15, -0.1) is 23.7 Å². The number of rotatable bonds is 10. The number of hydrogen-bond donors (Lipinski definition) is 1. The molecule has 2 aromatic heterocycles. The van der Waals surface area contributed by atoms with Gasteiger partial charge in [0.2, 0.25) is 0 Å². The maximum absolute atomic E-state index is 11.1. The molecule has 4 aromatic rings. The number of aryl methyl sites for hydroxylation is 2. The van der Waals surface area contributed by atoms with Crippen LogP contribution < -0.4 is 14.2 Å². The minimum Gasteiger partial charge on any atom is -0.497 e. The molecule has 0 bridgehead atoms. The zero-order valence-electron chi connectivity index (χ0n) is 18.6. The Morgan fingerprint density at radius 1 is 1.09 bits per heavy atom. The predicted octanol–water partition coefficient (Wildman–Crippen LogP) is 6.00. The molecule has 0 aliphatic rings. The zero-order valence-corrected chi connectivity index (χ0v) is 21.8. The summed E-state index contributed by atoms with van der Waals surface area (Å²) >= 11 is 5.05.